The van der Waals surface area contributed by atoms with Crippen LogP contribution in [0.3, 0.4) is 0 Å². The van der Waals surface area contributed by atoms with E-state index in [-0.39, 0.29) is 30.5 Å². The van der Waals surface area contributed by atoms with Crippen LogP contribution in [0.15, 0.2) is 54.7 Å². The molecule has 8 nitrogen and oxygen atoms in total. The number of hydrogen-bond donors (Lipinski definition) is 0. The smallest absolute Gasteiger partial charge is 0.187 e. The fourth-order valence-electron chi connectivity index (χ4n) is 5.35. The minimum absolute atomic E-state index is 0.0167. The summed E-state index contributed by atoms with van der Waals surface area (Å²) in [5, 5.41) is 0. The summed E-state index contributed by atoms with van der Waals surface area (Å²) in [6, 6.07) is 16.2. The molecule has 196 valence electrons. The van der Waals surface area contributed by atoms with E-state index in [0.29, 0.717) is 5.82 Å². The normalized spacial score (nSPS) is 27.2. The predicted octanol–water partition coefficient (Wildman–Crippen LogP) is 4.09. The Morgan fingerprint density at radius 1 is 0.784 bits per heavy atom. The average molecular weight is 507 g/mol. The lowest BCUT2D eigenvalue weighted by atomic mass is 9.99. The van der Waals surface area contributed by atoms with Crippen LogP contribution in [0.5, 0.6) is 5.75 Å². The molecule has 8 heteroatoms. The number of rotatable bonds is 8. The molecule has 0 amide bonds. The second kappa shape index (κ2) is 11.2. The van der Waals surface area contributed by atoms with Gasteiger partial charge in [-0.25, -0.2) is 9.97 Å². The molecular weight excluding hydrogens is 472 g/mol. The zero-order valence-electron chi connectivity index (χ0n) is 21.9. The zero-order chi connectivity index (χ0) is 25.9. The summed E-state index contributed by atoms with van der Waals surface area (Å²) in [6.07, 6.45) is 1.77. The third kappa shape index (κ3) is 5.26. The van der Waals surface area contributed by atoms with Crippen molar-refractivity contribution >= 4 is 0 Å². The van der Waals surface area contributed by atoms with Crippen LogP contribution < -0.4 is 4.74 Å². The highest BCUT2D eigenvalue weighted by Gasteiger charge is 2.47. The Bertz CT molecular complexity index is 1200. The first kappa shape index (κ1) is 25.8. The molecule has 6 atom stereocenters. The van der Waals surface area contributed by atoms with Crippen molar-refractivity contribution in [1.29, 1.82) is 0 Å². The van der Waals surface area contributed by atoms with E-state index >= 15 is 0 Å². The van der Waals surface area contributed by atoms with E-state index in [4.69, 9.17) is 33.4 Å². The van der Waals surface area contributed by atoms with Crippen LogP contribution in [0.2, 0.25) is 0 Å². The van der Waals surface area contributed by atoms with Gasteiger partial charge in [0.15, 0.2) is 12.1 Å². The molecule has 5 rings (SSSR count). The van der Waals surface area contributed by atoms with Crippen LogP contribution in [0.4, 0.5) is 0 Å². The molecular formula is C29H34N2O6. The first-order valence-corrected chi connectivity index (χ1v) is 12.5. The topological polar surface area (TPSA) is 81.2 Å². The average Bonchev–Trinajstić information content (AvgIpc) is 3.34. The molecule has 1 aromatic heterocycles. The van der Waals surface area contributed by atoms with Crippen molar-refractivity contribution < 1.29 is 28.4 Å². The Balaban J connectivity index is 1.30. The third-order valence-electron chi connectivity index (χ3n) is 7.27. The lowest BCUT2D eigenvalue weighted by molar-refractivity contribution is -0.314. The van der Waals surface area contributed by atoms with Crippen molar-refractivity contribution in [3.8, 4) is 28.4 Å². The van der Waals surface area contributed by atoms with E-state index in [0.717, 1.165) is 35.4 Å². The van der Waals surface area contributed by atoms with Gasteiger partial charge in [-0.15, -0.1) is 0 Å². The largest absolute Gasteiger partial charge is 0.497 e. The lowest BCUT2D eigenvalue weighted by Crippen LogP contribution is -2.59. The van der Waals surface area contributed by atoms with Crippen molar-refractivity contribution in [3.63, 3.8) is 0 Å². The summed E-state index contributed by atoms with van der Waals surface area (Å²) in [7, 11) is 6.63. The molecule has 2 aliphatic rings. The summed E-state index contributed by atoms with van der Waals surface area (Å²) < 4.78 is 34.9. The molecule has 0 radical (unpaired) electrons. The molecule has 2 aromatic carbocycles. The van der Waals surface area contributed by atoms with Crippen LogP contribution in [0.25, 0.3) is 22.6 Å². The highest BCUT2D eigenvalue weighted by Crippen LogP contribution is 2.33. The van der Waals surface area contributed by atoms with Crippen LogP contribution in [0.1, 0.15) is 18.1 Å². The highest BCUT2D eigenvalue weighted by atomic mass is 16.7. The van der Waals surface area contributed by atoms with Gasteiger partial charge in [0.2, 0.25) is 0 Å². The molecule has 1 aliphatic heterocycles. The quantitative estimate of drug-likeness (QED) is 0.452. The number of nitrogens with zero attached hydrogens (tertiary/aromatic N) is 2. The fraction of sp³-hybridized carbons (Fsp3) is 0.448. The van der Waals surface area contributed by atoms with Gasteiger partial charge in [-0.1, -0.05) is 12.1 Å². The molecule has 37 heavy (non-hydrogen) atoms. The van der Waals surface area contributed by atoms with Crippen molar-refractivity contribution in [2.75, 3.05) is 28.4 Å². The lowest BCUT2D eigenvalue weighted by Gasteiger charge is -2.44. The summed E-state index contributed by atoms with van der Waals surface area (Å²) in [4.78, 5) is 9.29. The molecule has 0 bridgehead atoms. The van der Waals surface area contributed by atoms with Gasteiger partial charge < -0.3 is 28.4 Å². The van der Waals surface area contributed by atoms with Gasteiger partial charge in [0, 0.05) is 38.7 Å². The minimum atomic E-state index is -0.538. The Kier molecular flexibility index (Phi) is 7.83. The standard InChI is InChI=1S/C29H34N2O6/c1-17-25(33-3)26(34-4)27(35-5)29(36-17)37-23-15-19-6-7-20(14-21(19)16-23)24-12-13-30-28(31-24)18-8-10-22(32-2)11-9-18/h6-14,17,23,25-27,29H,15-16H2,1-5H3. The van der Waals surface area contributed by atoms with Crippen LogP contribution in [-0.4, -0.2) is 75.2 Å². The number of hydrogen-bond acceptors (Lipinski definition) is 8. The van der Waals surface area contributed by atoms with Crippen molar-refractivity contribution in [2.45, 2.75) is 56.6 Å². The Morgan fingerprint density at radius 3 is 2.19 bits per heavy atom. The van der Waals surface area contributed by atoms with E-state index in [2.05, 4.69) is 23.2 Å². The molecule has 1 saturated heterocycles. The SMILES string of the molecule is COc1ccc(-c2nccc(-c3ccc4c(c3)CC(OC3OC(C)C(OC)C(OC)C3OC)C4)n2)cc1. The Hall–Kier alpha value is -2.88. The van der Waals surface area contributed by atoms with Gasteiger partial charge in [-0.3, -0.25) is 0 Å². The summed E-state index contributed by atoms with van der Waals surface area (Å²) >= 11 is 0. The maximum atomic E-state index is 6.46. The molecule has 3 aromatic rings. The first-order valence-electron chi connectivity index (χ1n) is 12.5. The fourth-order valence-corrected chi connectivity index (χ4v) is 5.35. The third-order valence-corrected chi connectivity index (χ3v) is 7.27. The summed E-state index contributed by atoms with van der Waals surface area (Å²) in [5.74, 6) is 1.48. The van der Waals surface area contributed by atoms with E-state index in [1.165, 1.54) is 11.1 Å². The Labute approximate surface area is 217 Å². The zero-order valence-corrected chi connectivity index (χ0v) is 21.9. The van der Waals surface area contributed by atoms with Gasteiger partial charge >= 0.3 is 0 Å². The van der Waals surface area contributed by atoms with Crippen LogP contribution in [0, 0.1) is 0 Å². The summed E-state index contributed by atoms with van der Waals surface area (Å²) in [5.41, 5.74) is 5.40. The maximum Gasteiger partial charge on any atom is 0.187 e. The molecule has 1 fully saturated rings. The van der Waals surface area contributed by atoms with Gasteiger partial charge in [0.1, 0.15) is 24.1 Å². The second-order valence-corrected chi connectivity index (χ2v) is 9.45. The van der Waals surface area contributed by atoms with Gasteiger partial charge in [0.05, 0.1) is 25.0 Å². The van der Waals surface area contributed by atoms with Crippen LogP contribution in [-0.2, 0) is 36.5 Å². The number of fused-ring (bicyclic) bond motifs is 1. The molecule has 6 unspecified atom stereocenters. The number of benzene rings is 2. The van der Waals surface area contributed by atoms with E-state index in [1.54, 1.807) is 34.6 Å². The monoisotopic (exact) mass is 506 g/mol. The Morgan fingerprint density at radius 2 is 1.49 bits per heavy atom. The van der Waals surface area contributed by atoms with Gasteiger partial charge in [0.25, 0.3) is 0 Å². The minimum Gasteiger partial charge on any atom is -0.497 e. The highest BCUT2D eigenvalue weighted by molar-refractivity contribution is 5.65. The van der Waals surface area contributed by atoms with E-state index < -0.39 is 6.29 Å². The van der Waals surface area contributed by atoms with E-state index in [9.17, 15) is 0 Å². The molecule has 0 spiro atoms. The van der Waals surface area contributed by atoms with Gasteiger partial charge in [-0.2, -0.15) is 0 Å². The molecule has 2 heterocycles. The number of aromatic nitrogens is 2. The second-order valence-electron chi connectivity index (χ2n) is 9.45. The first-order chi connectivity index (χ1) is 18.0. The number of methoxy groups -OCH3 is 4. The maximum absolute atomic E-state index is 6.46. The molecule has 0 saturated carbocycles. The number of ether oxygens (including phenoxy) is 6. The predicted molar refractivity (Wildman–Crippen MR) is 138 cm³/mol. The van der Waals surface area contributed by atoms with Crippen molar-refractivity contribution in [1.82, 2.24) is 9.97 Å². The van der Waals surface area contributed by atoms with Crippen LogP contribution >= 0.6 is 0 Å². The summed E-state index contributed by atoms with van der Waals surface area (Å²) in [6.45, 7) is 1.97. The molecule has 0 N–H and O–H groups in total. The van der Waals surface area contributed by atoms with E-state index in [1.807, 2.05) is 37.3 Å². The van der Waals surface area contributed by atoms with Crippen molar-refractivity contribution in [2.24, 2.45) is 0 Å². The van der Waals surface area contributed by atoms with Gasteiger partial charge in [-0.05, 0) is 67.3 Å². The molecule has 1 aliphatic carbocycles. The van der Waals surface area contributed by atoms with Crippen molar-refractivity contribution in [3.05, 3.63) is 65.9 Å².